The number of hydrogen-bond acceptors (Lipinski definition) is 2. The summed E-state index contributed by atoms with van der Waals surface area (Å²) >= 11 is 0. The van der Waals surface area contributed by atoms with Gasteiger partial charge in [0.15, 0.2) is 0 Å². The molecule has 2 heterocycles. The molecule has 1 aliphatic heterocycles. The summed E-state index contributed by atoms with van der Waals surface area (Å²) in [5, 5.41) is 10.7. The topological polar surface area (TPSA) is 45.5 Å². The predicted molar refractivity (Wildman–Crippen MR) is 115 cm³/mol. The van der Waals surface area contributed by atoms with Crippen LogP contribution in [-0.2, 0) is 7.05 Å². The number of aryl methyl sites for hydroxylation is 1. The lowest BCUT2D eigenvalue weighted by atomic mass is 9.93. The van der Waals surface area contributed by atoms with Crippen LogP contribution >= 0.6 is 0 Å². The van der Waals surface area contributed by atoms with Crippen molar-refractivity contribution in [1.82, 2.24) is 9.47 Å². The molecule has 3 aromatic carbocycles. The molecule has 0 aliphatic carbocycles. The van der Waals surface area contributed by atoms with Gasteiger partial charge in [-0.3, -0.25) is 4.79 Å². The number of para-hydroxylation sites is 1. The smallest absolute Gasteiger partial charge is 0.255 e. The van der Waals surface area contributed by atoms with E-state index >= 15 is 0 Å². The molecule has 0 spiro atoms. The second-order valence-corrected chi connectivity index (χ2v) is 7.56. The van der Waals surface area contributed by atoms with Crippen molar-refractivity contribution in [1.29, 1.82) is 0 Å². The number of hydrogen-bond donors (Lipinski definition) is 1. The number of aromatic nitrogens is 1. The molecule has 4 aromatic rings. The number of benzene rings is 3. The lowest BCUT2D eigenvalue weighted by Crippen LogP contribution is -2.31. The number of nitrogens with zero attached hydrogens (tertiary/aromatic N) is 2. The molecule has 0 radical (unpaired) electrons. The summed E-state index contributed by atoms with van der Waals surface area (Å²) in [6.07, 6.45) is 0. The van der Waals surface area contributed by atoms with E-state index in [9.17, 15) is 14.3 Å². The van der Waals surface area contributed by atoms with E-state index in [-0.39, 0.29) is 30.9 Å². The molecule has 0 bridgehead atoms. The first-order chi connectivity index (χ1) is 14.6. The van der Waals surface area contributed by atoms with E-state index < -0.39 is 0 Å². The van der Waals surface area contributed by atoms with Crippen molar-refractivity contribution in [2.75, 3.05) is 13.2 Å². The highest BCUT2D eigenvalue weighted by atomic mass is 19.1. The SMILES string of the molecule is Cn1c(-c2ccc(F)cc2)c([C@H]2c3ccccc3C(=O)N2CCO)c2ccccc21. The van der Waals surface area contributed by atoms with Gasteiger partial charge in [-0.2, -0.15) is 0 Å². The third-order valence-corrected chi connectivity index (χ3v) is 5.94. The number of amides is 1. The van der Waals surface area contributed by atoms with Gasteiger partial charge in [-0.05, 0) is 47.5 Å². The van der Waals surface area contributed by atoms with Gasteiger partial charge in [-0.1, -0.05) is 36.4 Å². The molecule has 150 valence electrons. The van der Waals surface area contributed by atoms with Crippen LogP contribution in [0.2, 0.25) is 0 Å². The maximum atomic E-state index is 13.6. The van der Waals surface area contributed by atoms with Crippen LogP contribution in [-0.4, -0.2) is 33.6 Å². The standard InChI is InChI=1S/C25H21FN2O2/c1-27-21-9-5-4-8-20(21)22(23(27)16-10-12-17(26)13-11-16)24-18-6-2-3-7-19(18)25(30)28(24)14-15-29/h2-13,24,29H,14-15H2,1H3/t24-/m1/s1. The minimum atomic E-state index is -0.327. The fraction of sp³-hybridized carbons (Fsp3) is 0.160. The van der Waals surface area contributed by atoms with E-state index in [4.69, 9.17) is 0 Å². The molecule has 1 N–H and O–H groups in total. The molecule has 5 heteroatoms. The average molecular weight is 400 g/mol. The van der Waals surface area contributed by atoms with Crippen LogP contribution in [0.5, 0.6) is 0 Å². The lowest BCUT2D eigenvalue weighted by molar-refractivity contribution is 0.0713. The molecular weight excluding hydrogens is 379 g/mol. The van der Waals surface area contributed by atoms with Crippen molar-refractivity contribution < 1.29 is 14.3 Å². The molecule has 1 aliphatic rings. The van der Waals surface area contributed by atoms with E-state index in [1.807, 2.05) is 49.5 Å². The summed E-state index contributed by atoms with van der Waals surface area (Å²) in [6, 6.07) is 21.8. The van der Waals surface area contributed by atoms with Gasteiger partial charge in [0.1, 0.15) is 5.82 Å². The quantitative estimate of drug-likeness (QED) is 0.547. The van der Waals surface area contributed by atoms with Gasteiger partial charge in [0.05, 0.1) is 18.3 Å². The molecular formula is C25H21FN2O2. The number of carbonyl (C=O) groups is 1. The first-order valence-corrected chi connectivity index (χ1v) is 9.96. The zero-order valence-electron chi connectivity index (χ0n) is 16.5. The van der Waals surface area contributed by atoms with Crippen LogP contribution in [0.25, 0.3) is 22.2 Å². The predicted octanol–water partition coefficient (Wildman–Crippen LogP) is 4.52. The van der Waals surface area contributed by atoms with Crippen LogP contribution in [0.1, 0.15) is 27.5 Å². The highest BCUT2D eigenvalue weighted by Crippen LogP contribution is 2.46. The van der Waals surface area contributed by atoms with Gasteiger partial charge in [-0.15, -0.1) is 0 Å². The number of rotatable bonds is 4. The Kier molecular flexibility index (Phi) is 4.40. The first-order valence-electron chi connectivity index (χ1n) is 9.96. The van der Waals surface area contributed by atoms with Crippen LogP contribution in [0.4, 0.5) is 4.39 Å². The molecule has 4 nitrogen and oxygen atoms in total. The highest BCUT2D eigenvalue weighted by Gasteiger charge is 2.40. The normalized spacial score (nSPS) is 15.8. The number of halogens is 1. The third kappa shape index (κ3) is 2.66. The monoisotopic (exact) mass is 400 g/mol. The summed E-state index contributed by atoms with van der Waals surface area (Å²) < 4.78 is 15.7. The molecule has 5 rings (SSSR count). The second kappa shape index (κ2) is 7.11. The maximum absolute atomic E-state index is 13.6. The van der Waals surface area contributed by atoms with Crippen molar-refractivity contribution in [3.05, 3.63) is 95.3 Å². The molecule has 0 unspecified atom stereocenters. The number of aliphatic hydroxyl groups is 1. The lowest BCUT2D eigenvalue weighted by Gasteiger charge is -2.26. The van der Waals surface area contributed by atoms with E-state index in [1.54, 1.807) is 17.0 Å². The first kappa shape index (κ1) is 18.6. The van der Waals surface area contributed by atoms with Gasteiger partial charge < -0.3 is 14.6 Å². The van der Waals surface area contributed by atoms with E-state index in [1.165, 1.54) is 12.1 Å². The average Bonchev–Trinajstić information content (AvgIpc) is 3.21. The minimum Gasteiger partial charge on any atom is -0.395 e. The van der Waals surface area contributed by atoms with Crippen molar-refractivity contribution in [3.8, 4) is 11.3 Å². The van der Waals surface area contributed by atoms with Gasteiger partial charge >= 0.3 is 0 Å². The van der Waals surface area contributed by atoms with E-state index in [0.29, 0.717) is 5.56 Å². The highest BCUT2D eigenvalue weighted by molar-refractivity contribution is 6.02. The largest absolute Gasteiger partial charge is 0.395 e. The van der Waals surface area contributed by atoms with Gasteiger partial charge in [0, 0.05) is 35.6 Å². The van der Waals surface area contributed by atoms with Crippen LogP contribution in [0.3, 0.4) is 0 Å². The number of carbonyl (C=O) groups excluding carboxylic acids is 1. The Labute approximate surface area is 173 Å². The van der Waals surface area contributed by atoms with Gasteiger partial charge in [-0.25, -0.2) is 4.39 Å². The fourth-order valence-corrected chi connectivity index (χ4v) is 4.68. The maximum Gasteiger partial charge on any atom is 0.255 e. The van der Waals surface area contributed by atoms with E-state index in [0.717, 1.165) is 33.3 Å². The van der Waals surface area contributed by atoms with Crippen LogP contribution < -0.4 is 0 Å². The molecule has 0 saturated carbocycles. The zero-order valence-corrected chi connectivity index (χ0v) is 16.5. The molecule has 30 heavy (non-hydrogen) atoms. The van der Waals surface area contributed by atoms with Crippen molar-refractivity contribution in [2.45, 2.75) is 6.04 Å². The van der Waals surface area contributed by atoms with Crippen LogP contribution in [0, 0.1) is 5.82 Å². The number of aliphatic hydroxyl groups excluding tert-OH is 1. The Morgan fingerprint density at radius 2 is 1.67 bits per heavy atom. The molecule has 0 fully saturated rings. The summed E-state index contributed by atoms with van der Waals surface area (Å²) in [6.45, 7) is 0.122. The van der Waals surface area contributed by atoms with Crippen molar-refractivity contribution >= 4 is 16.8 Å². The van der Waals surface area contributed by atoms with E-state index in [2.05, 4.69) is 10.6 Å². The Bertz CT molecular complexity index is 1260. The Morgan fingerprint density at radius 1 is 0.967 bits per heavy atom. The summed E-state index contributed by atoms with van der Waals surface area (Å²) in [4.78, 5) is 14.9. The van der Waals surface area contributed by atoms with Gasteiger partial charge in [0.25, 0.3) is 5.91 Å². The molecule has 1 aromatic heterocycles. The molecule has 1 amide bonds. The molecule has 1 atom stereocenters. The summed E-state index contributed by atoms with van der Waals surface area (Å²) in [7, 11) is 1.99. The van der Waals surface area contributed by atoms with Gasteiger partial charge in [0.2, 0.25) is 0 Å². The van der Waals surface area contributed by atoms with Crippen molar-refractivity contribution in [2.24, 2.45) is 7.05 Å². The van der Waals surface area contributed by atoms with Crippen LogP contribution in [0.15, 0.2) is 72.8 Å². The Morgan fingerprint density at radius 3 is 2.43 bits per heavy atom. The molecule has 0 saturated heterocycles. The fourth-order valence-electron chi connectivity index (χ4n) is 4.68. The Hall–Kier alpha value is -3.44. The third-order valence-electron chi connectivity index (χ3n) is 5.94. The number of fused-ring (bicyclic) bond motifs is 2. The summed E-state index contributed by atoms with van der Waals surface area (Å²) in [5.74, 6) is -0.370. The zero-order chi connectivity index (χ0) is 20.8. The Balaban J connectivity index is 1.85. The second-order valence-electron chi connectivity index (χ2n) is 7.56. The van der Waals surface area contributed by atoms with Crippen molar-refractivity contribution in [3.63, 3.8) is 0 Å². The number of β-amino-alcohol motifs (C(OH)–C–C–N with tert-alkyl or cyclic N) is 1. The minimum absolute atomic E-state index is 0.0809. The summed E-state index contributed by atoms with van der Waals surface area (Å²) in [5.41, 5.74) is 5.43.